The van der Waals surface area contributed by atoms with E-state index in [1.807, 2.05) is 6.92 Å². The van der Waals surface area contributed by atoms with E-state index >= 15 is 0 Å². The normalized spacial score (nSPS) is 23.2. The molecule has 0 saturated carbocycles. The van der Waals surface area contributed by atoms with E-state index in [1.54, 1.807) is 4.68 Å². The molecule has 1 saturated heterocycles. The lowest BCUT2D eigenvalue weighted by atomic mass is 10.3. The summed E-state index contributed by atoms with van der Waals surface area (Å²) in [6.07, 6.45) is 0.979. The number of nitrogen functional groups attached to an aromatic ring is 1. The van der Waals surface area contributed by atoms with Crippen LogP contribution in [-0.2, 0) is 4.74 Å². The summed E-state index contributed by atoms with van der Waals surface area (Å²) in [5.41, 5.74) is 5.66. The first kappa shape index (κ1) is 7.54. The van der Waals surface area contributed by atoms with Crippen LogP contribution in [0.4, 0.5) is 5.95 Å². The van der Waals surface area contributed by atoms with E-state index in [0.717, 1.165) is 18.9 Å². The first-order valence-corrected chi connectivity index (χ1v) is 4.04. The quantitative estimate of drug-likeness (QED) is 0.647. The van der Waals surface area contributed by atoms with E-state index in [9.17, 15) is 0 Å². The van der Waals surface area contributed by atoms with Gasteiger partial charge in [-0.2, -0.15) is 10.1 Å². The summed E-state index contributed by atoms with van der Waals surface area (Å²) >= 11 is 0. The van der Waals surface area contributed by atoms with Gasteiger partial charge in [0.1, 0.15) is 5.82 Å². The number of nitrogens with zero attached hydrogens (tertiary/aromatic N) is 3. The molecule has 5 heteroatoms. The molecular weight excluding hydrogens is 156 g/mol. The summed E-state index contributed by atoms with van der Waals surface area (Å²) in [7, 11) is 0. The second kappa shape index (κ2) is 2.75. The average molecular weight is 168 g/mol. The minimum atomic E-state index is 0.284. The Morgan fingerprint density at radius 2 is 2.50 bits per heavy atom. The summed E-state index contributed by atoms with van der Waals surface area (Å²) in [5, 5.41) is 4.19. The second-order valence-electron chi connectivity index (χ2n) is 2.98. The molecule has 1 fully saturated rings. The summed E-state index contributed by atoms with van der Waals surface area (Å²) in [6.45, 7) is 3.33. The summed E-state index contributed by atoms with van der Waals surface area (Å²) in [4.78, 5) is 4.03. The molecule has 1 aromatic rings. The van der Waals surface area contributed by atoms with Crippen molar-refractivity contribution >= 4 is 5.95 Å². The number of nitrogens with two attached hydrogens (primary N) is 1. The lowest BCUT2D eigenvalue weighted by molar-refractivity contribution is 0.185. The van der Waals surface area contributed by atoms with Crippen molar-refractivity contribution in [3.8, 4) is 0 Å². The third kappa shape index (κ3) is 1.16. The largest absolute Gasteiger partial charge is 0.379 e. The monoisotopic (exact) mass is 168 g/mol. The van der Waals surface area contributed by atoms with Crippen LogP contribution in [0.5, 0.6) is 0 Å². The third-order valence-electron chi connectivity index (χ3n) is 2.02. The zero-order valence-electron chi connectivity index (χ0n) is 7.03. The van der Waals surface area contributed by atoms with Crippen molar-refractivity contribution in [3.05, 3.63) is 5.82 Å². The van der Waals surface area contributed by atoms with Crippen molar-refractivity contribution in [2.75, 3.05) is 18.9 Å². The van der Waals surface area contributed by atoms with Gasteiger partial charge < -0.3 is 10.5 Å². The van der Waals surface area contributed by atoms with Gasteiger partial charge in [-0.3, -0.25) is 0 Å². The Morgan fingerprint density at radius 1 is 1.67 bits per heavy atom. The van der Waals surface area contributed by atoms with Crippen LogP contribution >= 0.6 is 0 Å². The SMILES string of the molecule is Cc1nc(N)n(C2CCOC2)n1. The van der Waals surface area contributed by atoms with Gasteiger partial charge in [0.2, 0.25) is 5.95 Å². The molecule has 0 aromatic carbocycles. The molecule has 1 aromatic heterocycles. The molecule has 1 aliphatic rings. The van der Waals surface area contributed by atoms with Crippen LogP contribution < -0.4 is 5.73 Å². The highest BCUT2D eigenvalue weighted by molar-refractivity contribution is 5.16. The number of anilines is 1. The van der Waals surface area contributed by atoms with Crippen LogP contribution in [0.25, 0.3) is 0 Å². The molecule has 0 bridgehead atoms. The molecular formula is C7H12N4O. The van der Waals surface area contributed by atoms with Crippen molar-refractivity contribution < 1.29 is 4.74 Å². The van der Waals surface area contributed by atoms with Crippen molar-refractivity contribution in [2.45, 2.75) is 19.4 Å². The van der Waals surface area contributed by atoms with Crippen molar-refractivity contribution in [2.24, 2.45) is 0 Å². The molecule has 0 aliphatic carbocycles. The number of ether oxygens (including phenoxy) is 1. The van der Waals surface area contributed by atoms with Crippen LogP contribution in [0.3, 0.4) is 0 Å². The molecule has 1 atom stereocenters. The van der Waals surface area contributed by atoms with Gasteiger partial charge >= 0.3 is 0 Å². The Morgan fingerprint density at radius 3 is 3.00 bits per heavy atom. The number of hydrogen-bond acceptors (Lipinski definition) is 4. The highest BCUT2D eigenvalue weighted by Crippen LogP contribution is 2.19. The number of aryl methyl sites for hydroxylation is 1. The van der Waals surface area contributed by atoms with Gasteiger partial charge in [-0.05, 0) is 13.3 Å². The maximum absolute atomic E-state index is 5.66. The average Bonchev–Trinajstić information content (AvgIpc) is 2.58. The van der Waals surface area contributed by atoms with E-state index < -0.39 is 0 Å². The fourth-order valence-corrected chi connectivity index (χ4v) is 1.43. The topological polar surface area (TPSA) is 66.0 Å². The number of rotatable bonds is 1. The smallest absolute Gasteiger partial charge is 0.219 e. The zero-order valence-corrected chi connectivity index (χ0v) is 7.03. The van der Waals surface area contributed by atoms with Crippen LogP contribution in [0.2, 0.25) is 0 Å². The molecule has 1 aliphatic heterocycles. The fraction of sp³-hybridized carbons (Fsp3) is 0.714. The lowest BCUT2D eigenvalue weighted by Crippen LogP contribution is -2.13. The van der Waals surface area contributed by atoms with E-state index in [0.29, 0.717) is 12.6 Å². The molecule has 2 N–H and O–H groups in total. The van der Waals surface area contributed by atoms with Gasteiger partial charge in [0, 0.05) is 6.61 Å². The highest BCUT2D eigenvalue weighted by Gasteiger charge is 2.20. The summed E-state index contributed by atoms with van der Waals surface area (Å²) in [6, 6.07) is 0.284. The Bertz CT molecular complexity index is 277. The zero-order chi connectivity index (χ0) is 8.55. The second-order valence-corrected chi connectivity index (χ2v) is 2.98. The van der Waals surface area contributed by atoms with Crippen molar-refractivity contribution in [1.82, 2.24) is 14.8 Å². The maximum atomic E-state index is 5.66. The maximum Gasteiger partial charge on any atom is 0.219 e. The highest BCUT2D eigenvalue weighted by atomic mass is 16.5. The fourth-order valence-electron chi connectivity index (χ4n) is 1.43. The van der Waals surface area contributed by atoms with Crippen LogP contribution in [0.1, 0.15) is 18.3 Å². The third-order valence-corrected chi connectivity index (χ3v) is 2.02. The van der Waals surface area contributed by atoms with E-state index in [1.165, 1.54) is 0 Å². The predicted molar refractivity (Wildman–Crippen MR) is 43.6 cm³/mol. The Labute approximate surface area is 70.5 Å². The van der Waals surface area contributed by atoms with Gasteiger partial charge in [0.25, 0.3) is 0 Å². The molecule has 1 unspecified atom stereocenters. The van der Waals surface area contributed by atoms with E-state index in [2.05, 4.69) is 10.1 Å². The molecule has 12 heavy (non-hydrogen) atoms. The molecule has 5 nitrogen and oxygen atoms in total. The first-order valence-electron chi connectivity index (χ1n) is 4.04. The minimum Gasteiger partial charge on any atom is -0.379 e. The van der Waals surface area contributed by atoms with Gasteiger partial charge in [-0.15, -0.1) is 0 Å². The Hall–Kier alpha value is -1.10. The van der Waals surface area contributed by atoms with Crippen molar-refractivity contribution in [1.29, 1.82) is 0 Å². The van der Waals surface area contributed by atoms with Crippen LogP contribution in [0.15, 0.2) is 0 Å². The van der Waals surface area contributed by atoms with Gasteiger partial charge in [0.05, 0.1) is 12.6 Å². The summed E-state index contributed by atoms with van der Waals surface area (Å²) < 4.78 is 6.98. The minimum absolute atomic E-state index is 0.284. The van der Waals surface area contributed by atoms with E-state index in [-0.39, 0.29) is 6.04 Å². The van der Waals surface area contributed by atoms with Crippen molar-refractivity contribution in [3.63, 3.8) is 0 Å². The first-order chi connectivity index (χ1) is 5.77. The van der Waals surface area contributed by atoms with Gasteiger partial charge in [-0.1, -0.05) is 0 Å². The number of hydrogen-bond donors (Lipinski definition) is 1. The Balaban J connectivity index is 2.25. The molecule has 0 spiro atoms. The Kier molecular flexibility index (Phi) is 1.73. The molecule has 66 valence electrons. The van der Waals surface area contributed by atoms with Gasteiger partial charge in [0.15, 0.2) is 0 Å². The van der Waals surface area contributed by atoms with Crippen LogP contribution in [0, 0.1) is 6.92 Å². The lowest BCUT2D eigenvalue weighted by Gasteiger charge is -2.07. The molecule has 0 amide bonds. The molecule has 2 heterocycles. The van der Waals surface area contributed by atoms with Crippen LogP contribution in [-0.4, -0.2) is 28.0 Å². The summed E-state index contributed by atoms with van der Waals surface area (Å²) in [5.74, 6) is 1.21. The molecule has 0 radical (unpaired) electrons. The molecule has 2 rings (SSSR count). The predicted octanol–water partition coefficient (Wildman–Crippen LogP) is 0.130. The van der Waals surface area contributed by atoms with E-state index in [4.69, 9.17) is 10.5 Å². The van der Waals surface area contributed by atoms with Gasteiger partial charge in [-0.25, -0.2) is 4.68 Å². The number of aromatic nitrogens is 3. The standard InChI is InChI=1S/C7H12N4O/c1-5-9-7(8)11(10-5)6-2-3-12-4-6/h6H,2-4H2,1H3,(H2,8,9,10).